The van der Waals surface area contributed by atoms with E-state index in [1.165, 1.54) is 69.0 Å². The molecule has 0 fully saturated rings. The van der Waals surface area contributed by atoms with Crippen LogP contribution in [0.4, 0.5) is 5.69 Å². The van der Waals surface area contributed by atoms with Crippen LogP contribution in [0, 0.1) is 5.92 Å². The summed E-state index contributed by atoms with van der Waals surface area (Å²) < 4.78 is 0. The molecule has 1 aliphatic heterocycles. The minimum Gasteiger partial charge on any atom is -0.253 e. The molecule has 1 atom stereocenters. The predicted octanol–water partition coefficient (Wildman–Crippen LogP) is 6.44. The van der Waals surface area contributed by atoms with Crippen LogP contribution in [0.25, 0.3) is 6.08 Å². The third-order valence-electron chi connectivity index (χ3n) is 4.49. The van der Waals surface area contributed by atoms with Gasteiger partial charge >= 0.3 is 0 Å². The van der Waals surface area contributed by atoms with Gasteiger partial charge in [-0.3, -0.25) is 5.32 Å². The molecule has 0 saturated heterocycles. The highest BCUT2D eigenvalue weighted by Gasteiger charge is 2.17. The Labute approximate surface area is 130 Å². The Hall–Kier alpha value is -1.24. The van der Waals surface area contributed by atoms with Crippen LogP contribution >= 0.6 is 0 Å². The number of hydrogen-bond donors (Lipinski definition) is 0. The molecule has 1 aromatic carbocycles. The number of nitrogens with zero attached hydrogens (tertiary/aromatic N) is 1. The van der Waals surface area contributed by atoms with Crippen molar-refractivity contribution >= 4 is 11.8 Å². The average molecular weight is 284 g/mol. The van der Waals surface area contributed by atoms with Crippen molar-refractivity contribution in [3.8, 4) is 0 Å². The van der Waals surface area contributed by atoms with E-state index in [4.69, 9.17) is 5.32 Å². The Morgan fingerprint density at radius 2 is 1.57 bits per heavy atom. The van der Waals surface area contributed by atoms with Crippen LogP contribution in [-0.4, -0.2) is 0 Å². The molecule has 115 valence electrons. The lowest BCUT2D eigenvalue weighted by Gasteiger charge is -2.12. The molecule has 1 unspecified atom stereocenters. The summed E-state index contributed by atoms with van der Waals surface area (Å²) in [6, 6.07) is 8.44. The highest BCUT2D eigenvalue weighted by atomic mass is 14.9. The van der Waals surface area contributed by atoms with Crippen LogP contribution in [0.5, 0.6) is 0 Å². The van der Waals surface area contributed by atoms with E-state index >= 15 is 0 Å². The number of para-hydroxylation sites is 1. The molecule has 0 N–H and O–H groups in total. The fraction of sp³-hybridized carbons (Fsp3) is 0.600. The summed E-state index contributed by atoms with van der Waals surface area (Å²) in [4.78, 5) is 0. The Morgan fingerprint density at radius 3 is 2.29 bits per heavy atom. The number of rotatable bonds is 10. The first kappa shape index (κ1) is 16.1. The molecule has 1 heteroatoms. The van der Waals surface area contributed by atoms with Crippen LogP contribution in [0.3, 0.4) is 0 Å². The molecule has 21 heavy (non-hydrogen) atoms. The lowest BCUT2D eigenvalue weighted by atomic mass is 9.98. The van der Waals surface area contributed by atoms with Crippen molar-refractivity contribution in [1.82, 2.24) is 5.32 Å². The summed E-state index contributed by atoms with van der Waals surface area (Å²) in [6.45, 7) is 4.60. The third kappa shape index (κ3) is 5.22. The van der Waals surface area contributed by atoms with E-state index in [0.29, 0.717) is 5.92 Å². The first-order chi connectivity index (χ1) is 10.3. The van der Waals surface area contributed by atoms with Gasteiger partial charge in [-0.1, -0.05) is 83.4 Å². The molecule has 0 aliphatic carbocycles. The number of unbranched alkanes of at least 4 members (excludes halogenated alkanes) is 7. The van der Waals surface area contributed by atoms with Crippen LogP contribution in [0.2, 0.25) is 0 Å². The van der Waals surface area contributed by atoms with Crippen LogP contribution in [0.15, 0.2) is 30.0 Å². The first-order valence-electron chi connectivity index (χ1n) is 8.83. The maximum Gasteiger partial charge on any atom is 0.0706 e. The summed E-state index contributed by atoms with van der Waals surface area (Å²) in [6.07, 6.45) is 14.7. The van der Waals surface area contributed by atoms with E-state index in [2.05, 4.69) is 44.2 Å². The normalized spacial score (nSPS) is 14.5. The van der Waals surface area contributed by atoms with Crippen LogP contribution < -0.4 is 5.32 Å². The van der Waals surface area contributed by atoms with Crippen molar-refractivity contribution in [3.63, 3.8) is 0 Å². The SMILES string of the molecule is CCCCCCCCCCC(C)C1=Cc2ccccc2[N]1. The summed E-state index contributed by atoms with van der Waals surface area (Å²) in [5, 5.41) is 4.76. The van der Waals surface area contributed by atoms with E-state index in [1.807, 2.05) is 0 Å². The van der Waals surface area contributed by atoms with Crippen molar-refractivity contribution in [1.29, 1.82) is 0 Å². The fourth-order valence-corrected chi connectivity index (χ4v) is 3.03. The minimum atomic E-state index is 0.595. The minimum absolute atomic E-state index is 0.595. The molecule has 1 aliphatic rings. The molecule has 1 aromatic rings. The lowest BCUT2D eigenvalue weighted by Crippen LogP contribution is -2.04. The summed E-state index contributed by atoms with van der Waals surface area (Å²) in [7, 11) is 0. The molecule has 0 bridgehead atoms. The van der Waals surface area contributed by atoms with Gasteiger partial charge in [0, 0.05) is 11.3 Å². The van der Waals surface area contributed by atoms with Crippen molar-refractivity contribution < 1.29 is 0 Å². The molecule has 0 spiro atoms. The molecule has 0 aromatic heterocycles. The zero-order chi connectivity index (χ0) is 14.9. The fourth-order valence-electron chi connectivity index (χ4n) is 3.03. The van der Waals surface area contributed by atoms with Gasteiger partial charge in [-0.15, -0.1) is 0 Å². The van der Waals surface area contributed by atoms with Gasteiger partial charge in [0.25, 0.3) is 0 Å². The second-order valence-corrected chi connectivity index (χ2v) is 6.40. The van der Waals surface area contributed by atoms with Crippen molar-refractivity contribution in [2.24, 2.45) is 5.92 Å². The average Bonchev–Trinajstić information content (AvgIpc) is 2.94. The Kier molecular flexibility index (Phi) is 6.85. The number of hydrogen-bond acceptors (Lipinski definition) is 0. The van der Waals surface area contributed by atoms with Gasteiger partial charge in [-0.05, 0) is 24.5 Å². The first-order valence-corrected chi connectivity index (χ1v) is 8.83. The number of benzene rings is 1. The van der Waals surface area contributed by atoms with E-state index in [9.17, 15) is 0 Å². The standard InChI is InChI=1S/C20H30N/c1-3-4-5-6-7-8-9-10-13-17(2)20-16-18-14-11-12-15-19(18)21-20/h11-12,14-17H,3-10,13H2,1-2H3. The van der Waals surface area contributed by atoms with Crippen molar-refractivity contribution in [3.05, 3.63) is 35.5 Å². The van der Waals surface area contributed by atoms with Crippen molar-refractivity contribution in [2.45, 2.75) is 71.6 Å². The van der Waals surface area contributed by atoms with Gasteiger partial charge in [-0.25, -0.2) is 0 Å². The van der Waals surface area contributed by atoms with Gasteiger partial charge in [0.05, 0.1) is 5.69 Å². The molecular weight excluding hydrogens is 254 g/mol. The topological polar surface area (TPSA) is 14.1 Å². The maximum atomic E-state index is 4.76. The molecule has 2 rings (SSSR count). The molecular formula is C20H30N. The van der Waals surface area contributed by atoms with Crippen LogP contribution in [0.1, 0.15) is 77.2 Å². The Balaban J connectivity index is 1.58. The largest absolute Gasteiger partial charge is 0.253 e. The van der Waals surface area contributed by atoms with E-state index in [-0.39, 0.29) is 0 Å². The molecule has 1 nitrogen and oxygen atoms in total. The zero-order valence-corrected chi connectivity index (χ0v) is 13.8. The Morgan fingerprint density at radius 1 is 0.905 bits per heavy atom. The lowest BCUT2D eigenvalue weighted by molar-refractivity contribution is 0.514. The van der Waals surface area contributed by atoms with Crippen LogP contribution in [-0.2, 0) is 0 Å². The molecule has 0 saturated carbocycles. The van der Waals surface area contributed by atoms with Gasteiger partial charge < -0.3 is 0 Å². The third-order valence-corrected chi connectivity index (χ3v) is 4.49. The maximum absolute atomic E-state index is 4.76. The number of allylic oxidation sites excluding steroid dienone is 1. The second kappa shape index (κ2) is 8.92. The summed E-state index contributed by atoms with van der Waals surface area (Å²) >= 11 is 0. The monoisotopic (exact) mass is 284 g/mol. The highest BCUT2D eigenvalue weighted by molar-refractivity contribution is 5.71. The summed E-state index contributed by atoms with van der Waals surface area (Å²) in [5.41, 5.74) is 3.71. The molecule has 0 amide bonds. The van der Waals surface area contributed by atoms with Gasteiger partial charge in [0.2, 0.25) is 0 Å². The highest BCUT2D eigenvalue weighted by Crippen LogP contribution is 2.32. The van der Waals surface area contributed by atoms with E-state index in [0.717, 1.165) is 5.69 Å². The molecule has 1 heterocycles. The summed E-state index contributed by atoms with van der Waals surface area (Å²) in [5.74, 6) is 0.595. The van der Waals surface area contributed by atoms with Gasteiger partial charge in [0.15, 0.2) is 0 Å². The van der Waals surface area contributed by atoms with E-state index in [1.54, 1.807) is 0 Å². The smallest absolute Gasteiger partial charge is 0.0706 e. The quantitative estimate of drug-likeness (QED) is 0.439. The zero-order valence-electron chi connectivity index (χ0n) is 13.8. The van der Waals surface area contributed by atoms with Gasteiger partial charge in [-0.2, -0.15) is 0 Å². The van der Waals surface area contributed by atoms with Crippen molar-refractivity contribution in [2.75, 3.05) is 0 Å². The van der Waals surface area contributed by atoms with Gasteiger partial charge in [0.1, 0.15) is 0 Å². The number of fused-ring (bicyclic) bond motifs is 1. The van der Waals surface area contributed by atoms with E-state index < -0.39 is 0 Å². The molecule has 1 radical (unpaired) electrons. The second-order valence-electron chi connectivity index (χ2n) is 6.40. The Bertz CT molecular complexity index is 447. The predicted molar refractivity (Wildman–Crippen MR) is 92.6 cm³/mol.